The number of carbonyl (C=O) groups is 2. The van der Waals surface area contributed by atoms with Crippen molar-refractivity contribution in [1.82, 2.24) is 14.8 Å². The Morgan fingerprint density at radius 1 is 1.19 bits per heavy atom. The van der Waals surface area contributed by atoms with Crippen LogP contribution in [0.25, 0.3) is 0 Å². The van der Waals surface area contributed by atoms with E-state index >= 15 is 0 Å². The van der Waals surface area contributed by atoms with Crippen LogP contribution in [-0.2, 0) is 11.3 Å². The van der Waals surface area contributed by atoms with E-state index in [9.17, 15) is 22.8 Å². The molecule has 0 spiro atoms. The highest BCUT2D eigenvalue weighted by Crippen LogP contribution is 2.34. The molecular formula is C24H28F3N5O4. The molecule has 0 saturated carbocycles. The number of nitrogens with two attached hydrogens (primary N) is 1. The van der Waals surface area contributed by atoms with E-state index in [1.807, 2.05) is 11.8 Å². The molecule has 2 saturated heterocycles. The van der Waals surface area contributed by atoms with Crippen molar-refractivity contribution in [3.8, 4) is 11.5 Å². The van der Waals surface area contributed by atoms with Gasteiger partial charge in [0.15, 0.2) is 5.75 Å². The zero-order valence-electron chi connectivity index (χ0n) is 19.8. The molecule has 2 fully saturated rings. The summed E-state index contributed by atoms with van der Waals surface area (Å²) in [5.41, 5.74) is 6.52. The molecule has 2 aliphatic heterocycles. The summed E-state index contributed by atoms with van der Waals surface area (Å²) in [4.78, 5) is 33.7. The molecule has 9 nitrogen and oxygen atoms in total. The standard InChI is InChI=1S/C24H28F3N5O4/c1-16-4-3-9-32(16)18-7-6-17(21(12-18)36-24(25,26)27)14-30-10-11-31(15-20(30)22(28)33)23(34)35-19-5-2-8-29-13-19/h2,5-8,12-13,16,20H,3-4,9-11,14-15H2,1H3,(H2,28,33). The fourth-order valence-corrected chi connectivity index (χ4v) is 4.63. The van der Waals surface area contributed by atoms with Crippen molar-refractivity contribution in [1.29, 1.82) is 0 Å². The smallest absolute Gasteiger partial charge is 0.409 e. The van der Waals surface area contributed by atoms with Gasteiger partial charge in [-0.15, -0.1) is 13.2 Å². The minimum Gasteiger partial charge on any atom is -0.409 e. The van der Waals surface area contributed by atoms with Gasteiger partial charge in [0.25, 0.3) is 0 Å². The number of amides is 2. The number of ether oxygens (including phenoxy) is 2. The molecule has 1 aromatic heterocycles. The Hall–Kier alpha value is -3.54. The number of carbonyl (C=O) groups excluding carboxylic acids is 2. The van der Waals surface area contributed by atoms with Crippen LogP contribution in [0.1, 0.15) is 25.3 Å². The molecule has 3 heterocycles. The maximum atomic E-state index is 13.2. The lowest BCUT2D eigenvalue weighted by Gasteiger charge is -2.39. The van der Waals surface area contributed by atoms with E-state index in [-0.39, 0.29) is 49.3 Å². The average Bonchev–Trinajstić information content (AvgIpc) is 3.25. The quantitative estimate of drug-likeness (QED) is 0.641. The van der Waals surface area contributed by atoms with Crippen molar-refractivity contribution in [2.45, 2.75) is 44.8 Å². The highest BCUT2D eigenvalue weighted by atomic mass is 19.4. The van der Waals surface area contributed by atoms with Crippen LogP contribution in [0, 0.1) is 0 Å². The van der Waals surface area contributed by atoms with Crippen molar-refractivity contribution in [2.75, 3.05) is 31.1 Å². The van der Waals surface area contributed by atoms with Gasteiger partial charge in [0.2, 0.25) is 5.91 Å². The van der Waals surface area contributed by atoms with Gasteiger partial charge < -0.3 is 25.0 Å². The number of alkyl halides is 3. The van der Waals surface area contributed by atoms with Crippen LogP contribution in [0.3, 0.4) is 0 Å². The van der Waals surface area contributed by atoms with Gasteiger partial charge in [-0.3, -0.25) is 14.7 Å². The highest BCUT2D eigenvalue weighted by molar-refractivity contribution is 5.81. The molecule has 194 valence electrons. The van der Waals surface area contributed by atoms with Crippen LogP contribution in [0.15, 0.2) is 42.7 Å². The second-order valence-electron chi connectivity index (χ2n) is 8.92. The first-order valence-electron chi connectivity index (χ1n) is 11.7. The Bertz CT molecular complexity index is 1090. The summed E-state index contributed by atoms with van der Waals surface area (Å²) in [5, 5.41) is 0. The molecule has 2 aromatic rings. The molecule has 2 amide bonds. The summed E-state index contributed by atoms with van der Waals surface area (Å²) in [6, 6.07) is 7.23. The van der Waals surface area contributed by atoms with E-state index in [1.54, 1.807) is 29.2 Å². The largest absolute Gasteiger partial charge is 0.573 e. The minimum absolute atomic E-state index is 0.0135. The third-order valence-electron chi connectivity index (χ3n) is 6.45. The maximum Gasteiger partial charge on any atom is 0.573 e. The third kappa shape index (κ3) is 6.17. The van der Waals surface area contributed by atoms with Gasteiger partial charge >= 0.3 is 12.5 Å². The van der Waals surface area contributed by atoms with Crippen molar-refractivity contribution in [3.05, 3.63) is 48.3 Å². The second-order valence-corrected chi connectivity index (χ2v) is 8.92. The number of pyridine rings is 1. The Morgan fingerprint density at radius 3 is 2.64 bits per heavy atom. The Kier molecular flexibility index (Phi) is 7.53. The number of rotatable bonds is 6. The van der Waals surface area contributed by atoms with E-state index in [0.717, 1.165) is 19.4 Å². The van der Waals surface area contributed by atoms with Crippen molar-refractivity contribution in [2.24, 2.45) is 5.73 Å². The first-order valence-corrected chi connectivity index (χ1v) is 11.7. The molecule has 4 rings (SSSR count). The molecule has 2 N–H and O–H groups in total. The van der Waals surface area contributed by atoms with E-state index < -0.39 is 24.4 Å². The van der Waals surface area contributed by atoms with Gasteiger partial charge in [-0.2, -0.15) is 0 Å². The van der Waals surface area contributed by atoms with Crippen LogP contribution in [0.2, 0.25) is 0 Å². The van der Waals surface area contributed by atoms with Gasteiger partial charge in [-0.1, -0.05) is 6.07 Å². The minimum atomic E-state index is -4.87. The number of primary amides is 1. The van der Waals surface area contributed by atoms with Gasteiger partial charge in [-0.05, 0) is 38.0 Å². The van der Waals surface area contributed by atoms with Gasteiger partial charge in [0.05, 0.1) is 6.20 Å². The number of hydrogen-bond donors (Lipinski definition) is 1. The summed E-state index contributed by atoms with van der Waals surface area (Å²) < 4.78 is 49.3. The first kappa shape index (κ1) is 25.5. The van der Waals surface area contributed by atoms with E-state index in [4.69, 9.17) is 10.5 Å². The summed E-state index contributed by atoms with van der Waals surface area (Å²) >= 11 is 0. The molecule has 12 heteroatoms. The van der Waals surface area contributed by atoms with Crippen molar-refractivity contribution < 1.29 is 32.2 Å². The fourth-order valence-electron chi connectivity index (χ4n) is 4.63. The number of halogens is 3. The Labute approximate surface area is 206 Å². The summed E-state index contributed by atoms with van der Waals surface area (Å²) in [5.74, 6) is -0.766. The van der Waals surface area contributed by atoms with Gasteiger partial charge in [0.1, 0.15) is 11.8 Å². The van der Waals surface area contributed by atoms with Gasteiger partial charge in [0, 0.05) is 62.3 Å². The monoisotopic (exact) mass is 507 g/mol. The molecule has 2 aliphatic rings. The maximum absolute atomic E-state index is 13.2. The molecular weight excluding hydrogens is 479 g/mol. The lowest BCUT2D eigenvalue weighted by atomic mass is 10.1. The Morgan fingerprint density at radius 2 is 2.00 bits per heavy atom. The molecule has 0 aliphatic carbocycles. The number of piperazine rings is 1. The fraction of sp³-hybridized carbons (Fsp3) is 0.458. The summed E-state index contributed by atoms with van der Waals surface area (Å²) in [6.45, 7) is 3.11. The van der Waals surface area contributed by atoms with Crippen LogP contribution in [0.5, 0.6) is 11.5 Å². The molecule has 0 radical (unpaired) electrons. The molecule has 2 unspecified atom stereocenters. The molecule has 36 heavy (non-hydrogen) atoms. The van der Waals surface area contributed by atoms with E-state index in [2.05, 4.69) is 9.72 Å². The number of aromatic nitrogens is 1. The van der Waals surface area contributed by atoms with E-state index in [0.29, 0.717) is 5.69 Å². The normalized spacial score (nSPS) is 20.9. The second kappa shape index (κ2) is 10.6. The number of benzene rings is 1. The SMILES string of the molecule is CC1CCCN1c1ccc(CN2CCN(C(=O)Oc3cccnc3)CC2C(N)=O)c(OC(F)(F)F)c1. The number of hydrogen-bond acceptors (Lipinski definition) is 7. The first-order chi connectivity index (χ1) is 17.1. The zero-order valence-corrected chi connectivity index (χ0v) is 19.8. The van der Waals surface area contributed by atoms with Crippen LogP contribution in [0.4, 0.5) is 23.7 Å². The van der Waals surface area contributed by atoms with Crippen molar-refractivity contribution in [3.63, 3.8) is 0 Å². The predicted molar refractivity (Wildman–Crippen MR) is 124 cm³/mol. The predicted octanol–water partition coefficient (Wildman–Crippen LogP) is 3.14. The zero-order chi connectivity index (χ0) is 25.9. The lowest BCUT2D eigenvalue weighted by Crippen LogP contribution is -2.59. The molecule has 2 atom stereocenters. The van der Waals surface area contributed by atoms with Crippen LogP contribution in [-0.4, -0.2) is 71.4 Å². The van der Waals surface area contributed by atoms with Crippen molar-refractivity contribution >= 4 is 17.7 Å². The van der Waals surface area contributed by atoms with Crippen LogP contribution >= 0.6 is 0 Å². The molecule has 1 aromatic carbocycles. The third-order valence-corrected chi connectivity index (χ3v) is 6.45. The van der Waals surface area contributed by atoms with Gasteiger partial charge in [-0.25, -0.2) is 4.79 Å². The Balaban J connectivity index is 1.50. The lowest BCUT2D eigenvalue weighted by molar-refractivity contribution is -0.275. The van der Waals surface area contributed by atoms with E-state index in [1.165, 1.54) is 23.4 Å². The highest BCUT2D eigenvalue weighted by Gasteiger charge is 2.36. The molecule has 0 bridgehead atoms. The summed E-state index contributed by atoms with van der Waals surface area (Å²) in [6.07, 6.45) is -0.694. The summed E-state index contributed by atoms with van der Waals surface area (Å²) in [7, 11) is 0. The number of anilines is 1. The number of nitrogens with zero attached hydrogens (tertiary/aromatic N) is 4. The average molecular weight is 508 g/mol. The van der Waals surface area contributed by atoms with Crippen LogP contribution < -0.4 is 20.1 Å². The topological polar surface area (TPSA) is 101 Å².